The van der Waals surface area contributed by atoms with Crippen molar-refractivity contribution in [2.75, 3.05) is 26.2 Å². The number of piperidine rings is 1. The predicted octanol–water partition coefficient (Wildman–Crippen LogP) is 0.858. The van der Waals surface area contributed by atoms with Gasteiger partial charge in [-0.15, -0.1) is 0 Å². The second-order valence-corrected chi connectivity index (χ2v) is 5.96. The van der Waals surface area contributed by atoms with Crippen LogP contribution in [0.4, 0.5) is 4.39 Å². The van der Waals surface area contributed by atoms with E-state index in [2.05, 4.69) is 9.88 Å². The average molecular weight is 292 g/mol. The number of amides is 1. The molecule has 1 aromatic rings. The van der Waals surface area contributed by atoms with E-state index in [0.717, 1.165) is 45.1 Å². The molecule has 3 rings (SSSR count). The number of nitrogens with two attached hydrogens (primary N) is 1. The van der Waals surface area contributed by atoms with E-state index < -0.39 is 5.82 Å². The van der Waals surface area contributed by atoms with Crippen molar-refractivity contribution < 1.29 is 9.18 Å². The largest absolute Gasteiger partial charge is 0.337 e. The van der Waals surface area contributed by atoms with E-state index in [-0.39, 0.29) is 5.91 Å². The van der Waals surface area contributed by atoms with Crippen LogP contribution in [-0.4, -0.2) is 59.0 Å². The van der Waals surface area contributed by atoms with Gasteiger partial charge in [0.05, 0.1) is 11.8 Å². The van der Waals surface area contributed by atoms with Gasteiger partial charge in [0, 0.05) is 31.4 Å². The summed E-state index contributed by atoms with van der Waals surface area (Å²) in [5.41, 5.74) is 6.26. The van der Waals surface area contributed by atoms with E-state index in [1.807, 2.05) is 0 Å². The van der Waals surface area contributed by atoms with Gasteiger partial charge in [-0.05, 0) is 38.4 Å². The zero-order valence-electron chi connectivity index (χ0n) is 12.0. The minimum atomic E-state index is -0.471. The van der Waals surface area contributed by atoms with Crippen LogP contribution in [0.3, 0.4) is 0 Å². The van der Waals surface area contributed by atoms with Gasteiger partial charge < -0.3 is 10.6 Å². The molecule has 21 heavy (non-hydrogen) atoms. The fourth-order valence-corrected chi connectivity index (χ4v) is 3.22. The third-order valence-electron chi connectivity index (χ3n) is 4.49. The summed E-state index contributed by atoms with van der Waals surface area (Å²) in [6.45, 7) is 3.46. The van der Waals surface area contributed by atoms with Crippen LogP contribution in [0.2, 0.25) is 0 Å². The number of pyridine rings is 1. The lowest BCUT2D eigenvalue weighted by Crippen LogP contribution is -2.46. The molecule has 2 aliphatic rings. The number of carbonyl (C=O) groups is 1. The first-order valence-corrected chi connectivity index (χ1v) is 7.53. The van der Waals surface area contributed by atoms with Crippen LogP contribution in [-0.2, 0) is 0 Å². The van der Waals surface area contributed by atoms with Gasteiger partial charge in [0.25, 0.3) is 5.91 Å². The van der Waals surface area contributed by atoms with Crippen LogP contribution in [0.15, 0.2) is 18.5 Å². The van der Waals surface area contributed by atoms with E-state index >= 15 is 0 Å². The van der Waals surface area contributed by atoms with Crippen LogP contribution < -0.4 is 5.73 Å². The summed E-state index contributed by atoms with van der Waals surface area (Å²) in [4.78, 5) is 20.3. The Hall–Kier alpha value is -1.53. The molecule has 0 radical (unpaired) electrons. The van der Waals surface area contributed by atoms with E-state index in [1.165, 1.54) is 12.3 Å². The summed E-state index contributed by atoms with van der Waals surface area (Å²) in [5.74, 6) is -0.597. The van der Waals surface area contributed by atoms with Crippen molar-refractivity contribution in [1.82, 2.24) is 14.8 Å². The molecule has 2 N–H and O–H groups in total. The maximum Gasteiger partial charge on any atom is 0.255 e. The molecule has 2 aliphatic heterocycles. The van der Waals surface area contributed by atoms with E-state index in [9.17, 15) is 9.18 Å². The van der Waals surface area contributed by atoms with Gasteiger partial charge in [0.15, 0.2) is 0 Å². The molecule has 0 aromatic carbocycles. The molecule has 0 bridgehead atoms. The number of nitrogens with zero attached hydrogens (tertiary/aromatic N) is 3. The highest BCUT2D eigenvalue weighted by Gasteiger charge is 2.32. The molecule has 6 heteroatoms. The van der Waals surface area contributed by atoms with Crippen molar-refractivity contribution in [2.24, 2.45) is 5.73 Å². The molecular weight excluding hydrogens is 271 g/mol. The summed E-state index contributed by atoms with van der Waals surface area (Å²) >= 11 is 0. The van der Waals surface area contributed by atoms with Gasteiger partial charge in [0.2, 0.25) is 0 Å². The van der Waals surface area contributed by atoms with E-state index in [4.69, 9.17) is 5.73 Å². The number of aromatic nitrogens is 1. The summed E-state index contributed by atoms with van der Waals surface area (Å²) in [7, 11) is 0. The smallest absolute Gasteiger partial charge is 0.255 e. The first-order chi connectivity index (χ1) is 10.1. The van der Waals surface area contributed by atoms with E-state index in [0.29, 0.717) is 24.2 Å². The summed E-state index contributed by atoms with van der Waals surface area (Å²) < 4.78 is 13.2. The normalized spacial score (nSPS) is 24.5. The lowest BCUT2D eigenvalue weighted by Gasteiger charge is -2.34. The first kappa shape index (κ1) is 14.4. The zero-order chi connectivity index (χ0) is 14.8. The molecule has 0 aliphatic carbocycles. The van der Waals surface area contributed by atoms with Crippen LogP contribution in [0.1, 0.15) is 29.6 Å². The number of likely N-dealkylation sites (tertiary alicyclic amines) is 2. The molecule has 1 amide bonds. The number of rotatable bonds is 2. The standard InChI is InChI=1S/C15H21FN4O/c16-12-7-11(8-18-9-12)15(21)20-6-3-14(10-20)19-4-1-13(17)2-5-19/h7-9,13-14H,1-6,10,17H2. The van der Waals surface area contributed by atoms with Crippen LogP contribution in [0, 0.1) is 5.82 Å². The molecule has 0 saturated carbocycles. The Morgan fingerprint density at radius 3 is 2.71 bits per heavy atom. The fraction of sp³-hybridized carbons (Fsp3) is 0.600. The molecule has 1 aromatic heterocycles. The Morgan fingerprint density at radius 2 is 2.00 bits per heavy atom. The quantitative estimate of drug-likeness (QED) is 0.878. The Morgan fingerprint density at radius 1 is 1.24 bits per heavy atom. The van der Waals surface area contributed by atoms with E-state index in [1.54, 1.807) is 4.90 Å². The van der Waals surface area contributed by atoms with Gasteiger partial charge in [-0.3, -0.25) is 14.7 Å². The van der Waals surface area contributed by atoms with Gasteiger partial charge in [0.1, 0.15) is 5.82 Å². The Bertz CT molecular complexity index is 516. The Labute approximate surface area is 123 Å². The van der Waals surface area contributed by atoms with Crippen molar-refractivity contribution in [1.29, 1.82) is 0 Å². The fourth-order valence-electron chi connectivity index (χ4n) is 3.22. The zero-order valence-corrected chi connectivity index (χ0v) is 12.0. The molecule has 114 valence electrons. The van der Waals surface area contributed by atoms with Gasteiger partial charge in [-0.25, -0.2) is 4.39 Å². The Balaban J connectivity index is 1.60. The number of hydrogen-bond acceptors (Lipinski definition) is 4. The van der Waals surface area contributed by atoms with Crippen molar-refractivity contribution in [2.45, 2.75) is 31.3 Å². The molecule has 2 saturated heterocycles. The minimum absolute atomic E-state index is 0.127. The molecule has 0 spiro atoms. The van der Waals surface area contributed by atoms with Crippen LogP contribution in [0.25, 0.3) is 0 Å². The summed E-state index contributed by atoms with van der Waals surface area (Å²) in [6.07, 6.45) is 5.57. The Kier molecular flexibility index (Phi) is 4.17. The summed E-state index contributed by atoms with van der Waals surface area (Å²) in [5, 5.41) is 0. The van der Waals surface area contributed by atoms with Crippen LogP contribution >= 0.6 is 0 Å². The molecule has 5 nitrogen and oxygen atoms in total. The molecule has 1 unspecified atom stereocenters. The monoisotopic (exact) mass is 292 g/mol. The maximum absolute atomic E-state index is 13.2. The lowest BCUT2D eigenvalue weighted by atomic mass is 10.0. The molecule has 2 fully saturated rings. The predicted molar refractivity (Wildman–Crippen MR) is 77.3 cm³/mol. The minimum Gasteiger partial charge on any atom is -0.337 e. The van der Waals surface area contributed by atoms with Gasteiger partial charge in [-0.2, -0.15) is 0 Å². The van der Waals surface area contributed by atoms with Gasteiger partial charge in [-0.1, -0.05) is 0 Å². The second-order valence-electron chi connectivity index (χ2n) is 5.96. The average Bonchev–Trinajstić information content (AvgIpc) is 2.97. The highest BCUT2D eigenvalue weighted by molar-refractivity contribution is 5.94. The molecular formula is C15H21FN4O. The maximum atomic E-state index is 13.2. The first-order valence-electron chi connectivity index (χ1n) is 7.53. The third-order valence-corrected chi connectivity index (χ3v) is 4.49. The van der Waals surface area contributed by atoms with Gasteiger partial charge >= 0.3 is 0 Å². The lowest BCUT2D eigenvalue weighted by molar-refractivity contribution is 0.0768. The van der Waals surface area contributed by atoms with Crippen molar-refractivity contribution in [3.8, 4) is 0 Å². The number of hydrogen-bond donors (Lipinski definition) is 1. The van der Waals surface area contributed by atoms with Crippen molar-refractivity contribution >= 4 is 5.91 Å². The van der Waals surface area contributed by atoms with Crippen molar-refractivity contribution in [3.63, 3.8) is 0 Å². The highest BCUT2D eigenvalue weighted by Crippen LogP contribution is 2.21. The number of halogens is 1. The second kappa shape index (κ2) is 6.07. The molecule has 1 atom stereocenters. The highest BCUT2D eigenvalue weighted by atomic mass is 19.1. The van der Waals surface area contributed by atoms with Crippen LogP contribution in [0.5, 0.6) is 0 Å². The van der Waals surface area contributed by atoms with Crippen molar-refractivity contribution in [3.05, 3.63) is 29.8 Å². The topological polar surface area (TPSA) is 62.5 Å². The summed E-state index contributed by atoms with van der Waals surface area (Å²) in [6, 6.07) is 1.98. The molecule has 3 heterocycles. The third kappa shape index (κ3) is 3.22. The SMILES string of the molecule is NC1CCN(C2CCN(C(=O)c3cncc(F)c3)C2)CC1. The number of carbonyl (C=O) groups excluding carboxylic acids is 1.